The van der Waals surface area contributed by atoms with Gasteiger partial charge in [0.25, 0.3) is 5.91 Å². The van der Waals surface area contributed by atoms with Crippen molar-refractivity contribution in [2.45, 2.75) is 38.5 Å². The molecule has 0 fully saturated rings. The summed E-state index contributed by atoms with van der Waals surface area (Å²) in [5, 5.41) is 3.32. The van der Waals surface area contributed by atoms with Crippen molar-refractivity contribution in [1.82, 2.24) is 0 Å². The van der Waals surface area contributed by atoms with Crippen LogP contribution in [0.3, 0.4) is 0 Å². The maximum absolute atomic E-state index is 13.4. The molecular weight excluding hydrogens is 401 g/mol. The maximum Gasteiger partial charge on any atom is 0.416 e. The number of para-hydroxylation sites is 1. The molecule has 1 unspecified atom stereocenters. The van der Waals surface area contributed by atoms with Crippen molar-refractivity contribution < 1.29 is 18.0 Å². The van der Waals surface area contributed by atoms with Crippen molar-refractivity contribution in [3.05, 3.63) is 95.1 Å². The number of hydrogen-bond donors (Lipinski definition) is 1. The van der Waals surface area contributed by atoms with Gasteiger partial charge in [-0.25, -0.2) is 0 Å². The minimum Gasteiger partial charge on any atom is -0.360 e. The monoisotopic (exact) mass is 424 g/mol. The Hall–Kier alpha value is -3.28. The largest absolute Gasteiger partial charge is 0.416 e. The zero-order valence-electron chi connectivity index (χ0n) is 17.1. The number of amides is 1. The van der Waals surface area contributed by atoms with Gasteiger partial charge in [-0.05, 0) is 60.4 Å². The molecule has 0 aromatic heterocycles. The molecule has 0 radical (unpaired) electrons. The van der Waals surface area contributed by atoms with Gasteiger partial charge in [0.05, 0.1) is 11.1 Å². The van der Waals surface area contributed by atoms with E-state index >= 15 is 0 Å². The lowest BCUT2D eigenvalue weighted by Crippen LogP contribution is -2.43. The van der Waals surface area contributed by atoms with Gasteiger partial charge in [-0.1, -0.05) is 49.7 Å². The Morgan fingerprint density at radius 3 is 2.26 bits per heavy atom. The third-order valence-corrected chi connectivity index (χ3v) is 5.51. The molecule has 3 aromatic rings. The van der Waals surface area contributed by atoms with Gasteiger partial charge in [-0.15, -0.1) is 0 Å². The SMILES string of the molecule is CCCCc1ccc(N2C(=O)c3ccccc3NC2c2ccc(C(F)(F)F)cc2)cc1. The van der Waals surface area contributed by atoms with E-state index in [1.54, 1.807) is 23.1 Å². The third kappa shape index (κ3) is 4.29. The molecule has 1 N–H and O–H groups in total. The maximum atomic E-state index is 13.4. The van der Waals surface area contributed by atoms with Crippen molar-refractivity contribution >= 4 is 17.3 Å². The fourth-order valence-electron chi connectivity index (χ4n) is 3.81. The Bertz CT molecular complexity index is 1060. The zero-order chi connectivity index (χ0) is 22.0. The average Bonchev–Trinajstić information content (AvgIpc) is 2.78. The molecule has 0 spiro atoms. The number of carbonyl (C=O) groups excluding carboxylic acids is 1. The van der Waals surface area contributed by atoms with E-state index in [0.717, 1.165) is 31.4 Å². The number of hydrogen-bond acceptors (Lipinski definition) is 2. The summed E-state index contributed by atoms with van der Waals surface area (Å²) in [4.78, 5) is 15.0. The summed E-state index contributed by atoms with van der Waals surface area (Å²) < 4.78 is 39.0. The zero-order valence-corrected chi connectivity index (χ0v) is 17.1. The van der Waals surface area contributed by atoms with Gasteiger partial charge < -0.3 is 5.32 Å². The van der Waals surface area contributed by atoms with Gasteiger partial charge in [-0.3, -0.25) is 9.69 Å². The van der Waals surface area contributed by atoms with E-state index in [0.29, 0.717) is 22.5 Å². The molecular formula is C25H23F3N2O. The summed E-state index contributed by atoms with van der Waals surface area (Å²) in [6.45, 7) is 2.14. The Balaban J connectivity index is 1.73. The topological polar surface area (TPSA) is 32.3 Å². The number of halogens is 3. The van der Waals surface area contributed by atoms with Crippen LogP contribution in [-0.4, -0.2) is 5.91 Å². The number of fused-ring (bicyclic) bond motifs is 1. The van der Waals surface area contributed by atoms with Crippen molar-refractivity contribution in [2.24, 2.45) is 0 Å². The highest BCUT2D eigenvalue weighted by Gasteiger charge is 2.35. The summed E-state index contributed by atoms with van der Waals surface area (Å²) >= 11 is 0. The first-order valence-corrected chi connectivity index (χ1v) is 10.3. The van der Waals surface area contributed by atoms with Crippen LogP contribution in [0.4, 0.5) is 24.5 Å². The average molecular weight is 424 g/mol. The lowest BCUT2D eigenvalue weighted by Gasteiger charge is -2.38. The third-order valence-electron chi connectivity index (χ3n) is 5.51. The van der Waals surface area contributed by atoms with E-state index in [2.05, 4.69) is 12.2 Å². The summed E-state index contributed by atoms with van der Waals surface area (Å²) in [5.74, 6) is -0.194. The molecule has 1 heterocycles. The Morgan fingerprint density at radius 1 is 0.935 bits per heavy atom. The first-order chi connectivity index (χ1) is 14.9. The molecule has 160 valence electrons. The number of anilines is 2. The number of benzene rings is 3. The predicted octanol–water partition coefficient (Wildman–Crippen LogP) is 6.82. The fraction of sp³-hybridized carbons (Fsp3) is 0.240. The molecule has 6 heteroatoms. The highest BCUT2D eigenvalue weighted by Crippen LogP contribution is 2.38. The molecule has 0 saturated heterocycles. The van der Waals surface area contributed by atoms with E-state index in [-0.39, 0.29) is 5.91 Å². The van der Waals surface area contributed by atoms with Crippen LogP contribution >= 0.6 is 0 Å². The molecule has 1 atom stereocenters. The van der Waals surface area contributed by atoms with Crippen LogP contribution in [0.25, 0.3) is 0 Å². The normalized spacial score (nSPS) is 16.1. The lowest BCUT2D eigenvalue weighted by atomic mass is 10.0. The van der Waals surface area contributed by atoms with Crippen LogP contribution in [0.2, 0.25) is 0 Å². The Morgan fingerprint density at radius 2 is 1.61 bits per heavy atom. The molecule has 4 rings (SSSR count). The quantitative estimate of drug-likeness (QED) is 0.487. The number of aryl methyl sites for hydroxylation is 1. The van der Waals surface area contributed by atoms with Crippen LogP contribution < -0.4 is 10.2 Å². The van der Waals surface area contributed by atoms with Gasteiger partial charge in [0.15, 0.2) is 0 Å². The first kappa shape index (κ1) is 21.0. The second-order valence-corrected chi connectivity index (χ2v) is 7.66. The Kier molecular flexibility index (Phi) is 5.72. The minimum absolute atomic E-state index is 0.194. The van der Waals surface area contributed by atoms with Crippen LogP contribution in [-0.2, 0) is 12.6 Å². The van der Waals surface area contributed by atoms with Crippen LogP contribution in [0.1, 0.15) is 53.0 Å². The van der Waals surface area contributed by atoms with Gasteiger partial charge in [0, 0.05) is 11.4 Å². The highest BCUT2D eigenvalue weighted by atomic mass is 19.4. The van der Waals surface area contributed by atoms with E-state index in [4.69, 9.17) is 0 Å². The fourth-order valence-corrected chi connectivity index (χ4v) is 3.81. The lowest BCUT2D eigenvalue weighted by molar-refractivity contribution is -0.137. The van der Waals surface area contributed by atoms with E-state index in [9.17, 15) is 18.0 Å². The van der Waals surface area contributed by atoms with Crippen LogP contribution in [0.15, 0.2) is 72.8 Å². The molecule has 3 aromatic carbocycles. The molecule has 1 amide bonds. The van der Waals surface area contributed by atoms with Gasteiger partial charge in [0.2, 0.25) is 0 Å². The minimum atomic E-state index is -4.41. The summed E-state index contributed by atoms with van der Waals surface area (Å²) in [7, 11) is 0. The predicted molar refractivity (Wildman–Crippen MR) is 116 cm³/mol. The first-order valence-electron chi connectivity index (χ1n) is 10.3. The van der Waals surface area contributed by atoms with E-state index < -0.39 is 17.9 Å². The second-order valence-electron chi connectivity index (χ2n) is 7.66. The summed E-state index contributed by atoms with van der Waals surface area (Å²) in [6, 6.07) is 19.9. The number of unbranched alkanes of at least 4 members (excludes halogenated alkanes) is 1. The van der Waals surface area contributed by atoms with Crippen molar-refractivity contribution in [3.63, 3.8) is 0 Å². The van der Waals surface area contributed by atoms with E-state index in [1.807, 2.05) is 30.3 Å². The summed E-state index contributed by atoms with van der Waals surface area (Å²) in [5.41, 5.74) is 2.93. The number of rotatable bonds is 5. The van der Waals surface area contributed by atoms with Crippen molar-refractivity contribution in [1.29, 1.82) is 0 Å². The number of nitrogens with zero attached hydrogens (tertiary/aromatic N) is 1. The Labute approximate surface area is 179 Å². The van der Waals surface area contributed by atoms with Gasteiger partial charge in [0.1, 0.15) is 6.17 Å². The van der Waals surface area contributed by atoms with Crippen molar-refractivity contribution in [3.8, 4) is 0 Å². The molecule has 0 aliphatic carbocycles. The molecule has 1 aliphatic heterocycles. The van der Waals surface area contributed by atoms with E-state index in [1.165, 1.54) is 17.7 Å². The molecule has 31 heavy (non-hydrogen) atoms. The smallest absolute Gasteiger partial charge is 0.360 e. The summed E-state index contributed by atoms with van der Waals surface area (Å²) in [6.07, 6.45) is -1.87. The number of carbonyl (C=O) groups is 1. The molecule has 0 bridgehead atoms. The van der Waals surface area contributed by atoms with Gasteiger partial charge >= 0.3 is 6.18 Å². The van der Waals surface area contributed by atoms with Crippen LogP contribution in [0.5, 0.6) is 0 Å². The second kappa shape index (κ2) is 8.46. The van der Waals surface area contributed by atoms with Crippen molar-refractivity contribution in [2.75, 3.05) is 10.2 Å². The van der Waals surface area contributed by atoms with Crippen LogP contribution in [0, 0.1) is 0 Å². The standard InChI is InChI=1S/C25H23F3N2O/c1-2-3-6-17-9-15-20(16-10-17)30-23(18-11-13-19(14-12-18)25(26,27)28)29-22-8-5-4-7-21(22)24(30)31/h4-5,7-16,23,29H,2-3,6H2,1H3. The molecule has 3 nitrogen and oxygen atoms in total. The number of alkyl halides is 3. The molecule has 0 saturated carbocycles. The number of nitrogens with one attached hydrogen (secondary N) is 1. The van der Waals surface area contributed by atoms with Gasteiger partial charge in [-0.2, -0.15) is 13.2 Å². The highest BCUT2D eigenvalue weighted by molar-refractivity contribution is 6.12. The molecule has 1 aliphatic rings.